The Morgan fingerprint density at radius 2 is 2.14 bits per heavy atom. The van der Waals surface area contributed by atoms with Crippen molar-refractivity contribution in [3.63, 3.8) is 0 Å². The number of aliphatic imine (C=N–C) groups is 1. The standard InChI is InChI=1S/C15H23N2OPS3/c1-3-12-22-19(20,18-4-2)17-11-8-13-21-15(17)16-14-9-6-5-7-10-14/h5-7,9-10H,3-4,8,11-13H2,1-2H3/b16-15-. The van der Waals surface area contributed by atoms with Gasteiger partial charge in [0.05, 0.1) is 12.3 Å². The van der Waals surface area contributed by atoms with Crippen molar-refractivity contribution in [1.82, 2.24) is 4.67 Å². The molecule has 0 spiro atoms. The molecule has 0 radical (unpaired) electrons. The fraction of sp³-hybridized carbons (Fsp3) is 0.533. The van der Waals surface area contributed by atoms with Crippen LogP contribution in [0.4, 0.5) is 5.69 Å². The van der Waals surface area contributed by atoms with Crippen LogP contribution in [0.2, 0.25) is 0 Å². The summed E-state index contributed by atoms with van der Waals surface area (Å²) in [5, 5.41) is 1.03. The summed E-state index contributed by atoms with van der Waals surface area (Å²) in [6, 6.07) is 10.1. The molecule has 1 heterocycles. The van der Waals surface area contributed by atoms with E-state index in [4.69, 9.17) is 21.3 Å². The van der Waals surface area contributed by atoms with Crippen molar-refractivity contribution in [3.05, 3.63) is 30.3 Å². The molecule has 3 nitrogen and oxygen atoms in total. The highest BCUT2D eigenvalue weighted by atomic mass is 32.9. The molecule has 1 unspecified atom stereocenters. The van der Waals surface area contributed by atoms with Crippen LogP contribution in [-0.4, -0.2) is 34.5 Å². The van der Waals surface area contributed by atoms with Crippen molar-refractivity contribution in [2.45, 2.75) is 26.7 Å². The molecule has 1 saturated heterocycles. The lowest BCUT2D eigenvalue weighted by Crippen LogP contribution is -2.31. The molecule has 22 heavy (non-hydrogen) atoms. The Morgan fingerprint density at radius 3 is 2.82 bits per heavy atom. The zero-order valence-corrected chi connectivity index (χ0v) is 16.4. The van der Waals surface area contributed by atoms with Crippen LogP contribution in [0.25, 0.3) is 0 Å². The summed E-state index contributed by atoms with van der Waals surface area (Å²) in [6.45, 7) is 5.82. The van der Waals surface area contributed by atoms with Gasteiger partial charge in [0.25, 0.3) is 0 Å². The predicted molar refractivity (Wildman–Crippen MR) is 106 cm³/mol. The van der Waals surface area contributed by atoms with Crippen molar-refractivity contribution in [2.24, 2.45) is 4.99 Å². The summed E-state index contributed by atoms with van der Waals surface area (Å²) >= 11 is 9.56. The molecule has 1 aromatic rings. The van der Waals surface area contributed by atoms with E-state index in [-0.39, 0.29) is 0 Å². The van der Waals surface area contributed by atoms with Gasteiger partial charge in [-0.15, -0.1) is 0 Å². The van der Waals surface area contributed by atoms with Crippen LogP contribution < -0.4 is 0 Å². The average molecular weight is 375 g/mol. The van der Waals surface area contributed by atoms with Gasteiger partial charge in [-0.3, -0.25) is 4.67 Å². The van der Waals surface area contributed by atoms with Gasteiger partial charge in [0.1, 0.15) is 0 Å². The number of para-hydroxylation sites is 1. The molecule has 0 bridgehead atoms. The van der Waals surface area contributed by atoms with Gasteiger partial charge < -0.3 is 4.52 Å². The molecule has 1 atom stereocenters. The van der Waals surface area contributed by atoms with Gasteiger partial charge in [-0.25, -0.2) is 4.99 Å². The monoisotopic (exact) mass is 374 g/mol. The van der Waals surface area contributed by atoms with Gasteiger partial charge in [-0.05, 0) is 43.7 Å². The molecule has 1 fully saturated rings. The van der Waals surface area contributed by atoms with E-state index >= 15 is 0 Å². The van der Waals surface area contributed by atoms with E-state index in [1.54, 1.807) is 23.1 Å². The molecule has 1 aliphatic rings. The predicted octanol–water partition coefficient (Wildman–Crippen LogP) is 5.52. The molecule has 0 aliphatic carbocycles. The second-order valence-electron chi connectivity index (χ2n) is 4.77. The first-order valence-electron chi connectivity index (χ1n) is 7.63. The molecule has 0 aromatic heterocycles. The highest BCUT2D eigenvalue weighted by Crippen LogP contribution is 2.64. The third-order valence-corrected chi connectivity index (χ3v) is 11.0. The second kappa shape index (κ2) is 9.33. The normalized spacial score (nSPS) is 20.1. The Morgan fingerprint density at radius 1 is 1.36 bits per heavy atom. The van der Waals surface area contributed by atoms with Crippen LogP contribution in [0, 0.1) is 0 Å². The first-order chi connectivity index (χ1) is 10.7. The van der Waals surface area contributed by atoms with Crippen molar-refractivity contribution >= 4 is 51.4 Å². The minimum Gasteiger partial charge on any atom is -0.327 e. The maximum Gasteiger partial charge on any atom is 0.214 e. The van der Waals surface area contributed by atoms with Crippen molar-refractivity contribution in [2.75, 3.05) is 24.7 Å². The molecule has 0 saturated carbocycles. The van der Waals surface area contributed by atoms with E-state index in [0.29, 0.717) is 6.61 Å². The third kappa shape index (κ3) is 5.00. The molecule has 1 aromatic carbocycles. The summed E-state index contributed by atoms with van der Waals surface area (Å²) in [5.74, 6) is 2.14. The number of nitrogens with zero attached hydrogens (tertiary/aromatic N) is 2. The smallest absolute Gasteiger partial charge is 0.214 e. The first kappa shape index (κ1) is 18.3. The quantitative estimate of drug-likeness (QED) is 0.585. The number of thioether (sulfide) groups is 1. The second-order valence-corrected chi connectivity index (χ2v) is 12.6. The fourth-order valence-electron chi connectivity index (χ4n) is 2.02. The van der Waals surface area contributed by atoms with Crippen LogP contribution in [0.3, 0.4) is 0 Å². The van der Waals surface area contributed by atoms with Gasteiger partial charge >= 0.3 is 0 Å². The number of hydrogen-bond acceptors (Lipinski definition) is 5. The maximum atomic E-state index is 6.06. The molecule has 0 amide bonds. The molecular weight excluding hydrogens is 351 g/mol. The third-order valence-electron chi connectivity index (χ3n) is 2.99. The summed E-state index contributed by atoms with van der Waals surface area (Å²) in [5.41, 5.74) is -1.09. The van der Waals surface area contributed by atoms with Gasteiger partial charge in [-0.2, -0.15) is 0 Å². The van der Waals surface area contributed by atoms with Crippen LogP contribution >= 0.6 is 28.8 Å². The molecule has 122 valence electrons. The minimum absolute atomic E-state index is 0.660. The fourth-order valence-corrected chi connectivity index (χ4v) is 9.59. The van der Waals surface area contributed by atoms with Gasteiger partial charge in [0, 0.05) is 18.1 Å². The molecule has 0 N–H and O–H groups in total. The topological polar surface area (TPSA) is 24.8 Å². The van der Waals surface area contributed by atoms with Crippen LogP contribution in [0.15, 0.2) is 35.3 Å². The Labute approximate surface area is 147 Å². The van der Waals surface area contributed by atoms with E-state index < -0.39 is 5.62 Å². The van der Waals surface area contributed by atoms with Gasteiger partial charge in [0.2, 0.25) is 5.62 Å². The molecule has 7 heteroatoms. The average Bonchev–Trinajstić information content (AvgIpc) is 2.55. The Kier molecular flexibility index (Phi) is 7.78. The van der Waals surface area contributed by atoms with Crippen LogP contribution in [0.5, 0.6) is 0 Å². The maximum absolute atomic E-state index is 6.06. The highest BCUT2D eigenvalue weighted by molar-refractivity contribution is 8.68. The van der Waals surface area contributed by atoms with E-state index in [2.05, 4.69) is 11.6 Å². The highest BCUT2D eigenvalue weighted by Gasteiger charge is 2.32. The number of rotatable bonds is 7. The number of benzene rings is 1. The van der Waals surface area contributed by atoms with Crippen molar-refractivity contribution in [3.8, 4) is 0 Å². The van der Waals surface area contributed by atoms with Crippen molar-refractivity contribution < 1.29 is 4.52 Å². The molecular formula is C15H23N2OPS3. The van der Waals surface area contributed by atoms with Crippen LogP contribution in [-0.2, 0) is 16.3 Å². The minimum atomic E-state index is -2.07. The summed E-state index contributed by atoms with van der Waals surface area (Å²) in [7, 11) is 0. The van der Waals surface area contributed by atoms with Gasteiger partial charge in [-0.1, -0.05) is 48.3 Å². The van der Waals surface area contributed by atoms with E-state index in [1.807, 2.05) is 37.3 Å². The van der Waals surface area contributed by atoms with E-state index in [1.165, 1.54) is 0 Å². The first-order valence-corrected chi connectivity index (χ1v) is 12.9. The SMILES string of the molecule is CCCSP(=S)(OCC)N1CCCS/C1=N\c1ccccc1. The van der Waals surface area contributed by atoms with E-state index in [9.17, 15) is 0 Å². The molecule has 1 aliphatic heterocycles. The summed E-state index contributed by atoms with van der Waals surface area (Å²) < 4.78 is 8.33. The van der Waals surface area contributed by atoms with Crippen LogP contribution in [0.1, 0.15) is 26.7 Å². The lowest BCUT2D eigenvalue weighted by Gasteiger charge is -2.37. The molecule has 2 rings (SSSR count). The van der Waals surface area contributed by atoms with Gasteiger partial charge in [0.15, 0.2) is 5.17 Å². The zero-order chi connectivity index (χ0) is 15.8. The lowest BCUT2D eigenvalue weighted by molar-refractivity contribution is 0.361. The summed E-state index contributed by atoms with van der Waals surface area (Å²) in [6.07, 6.45) is 2.25. The Hall–Kier alpha value is -0.000000000000000222. The summed E-state index contributed by atoms with van der Waals surface area (Å²) in [4.78, 5) is 4.83. The number of hydrogen-bond donors (Lipinski definition) is 0. The Balaban J connectivity index is 2.27. The lowest BCUT2D eigenvalue weighted by atomic mass is 10.3. The number of amidine groups is 1. The van der Waals surface area contributed by atoms with E-state index in [0.717, 1.165) is 41.7 Å². The largest absolute Gasteiger partial charge is 0.327 e. The van der Waals surface area contributed by atoms with Crippen molar-refractivity contribution in [1.29, 1.82) is 0 Å². The zero-order valence-electron chi connectivity index (χ0n) is 13.1. The Bertz CT molecular complexity index is 539.